The maximum Gasteiger partial charge on any atom is 0.250 e. The van der Waals surface area contributed by atoms with Gasteiger partial charge in [0.05, 0.1) is 5.69 Å². The minimum atomic E-state index is 0.0287. The molecule has 0 N–H and O–H groups in total. The fraction of sp³-hybridized carbons (Fsp3) is 0.476. The van der Waals surface area contributed by atoms with Crippen LogP contribution in [0.15, 0.2) is 41.3 Å². The molecule has 0 bridgehead atoms. The number of aromatic nitrogens is 1. The Hall–Kier alpha value is -2.07. The summed E-state index contributed by atoms with van der Waals surface area (Å²) < 4.78 is 1.65. The molecule has 0 saturated heterocycles. The fourth-order valence-corrected chi connectivity index (χ4v) is 3.84. The second kappa shape index (κ2) is 6.68. The number of benzene rings is 1. The summed E-state index contributed by atoms with van der Waals surface area (Å²) in [7, 11) is 1.81. The van der Waals surface area contributed by atoms with Crippen LogP contribution in [0.5, 0.6) is 0 Å². The number of fused-ring (bicyclic) bond motifs is 1. The zero-order valence-corrected chi connectivity index (χ0v) is 15.2. The van der Waals surface area contributed by atoms with Gasteiger partial charge in [0.2, 0.25) is 5.56 Å². The molecule has 1 aromatic carbocycles. The summed E-state index contributed by atoms with van der Waals surface area (Å²) in [5.74, 6) is 0.947. The molecule has 1 aliphatic heterocycles. The highest BCUT2D eigenvalue weighted by Gasteiger charge is 2.26. The summed E-state index contributed by atoms with van der Waals surface area (Å²) in [5, 5.41) is 0. The predicted octanol–water partition coefficient (Wildman–Crippen LogP) is 3.31. The molecule has 4 heteroatoms. The number of anilines is 2. The third-order valence-corrected chi connectivity index (χ3v) is 5.50. The first-order valence-corrected chi connectivity index (χ1v) is 9.42. The van der Waals surface area contributed by atoms with Crippen LogP contribution in [-0.4, -0.2) is 29.1 Å². The lowest BCUT2D eigenvalue weighted by Gasteiger charge is -2.31. The minimum Gasteiger partial charge on any atom is -0.341 e. The van der Waals surface area contributed by atoms with E-state index in [9.17, 15) is 4.79 Å². The molecule has 25 heavy (non-hydrogen) atoms. The van der Waals surface area contributed by atoms with Crippen LogP contribution < -0.4 is 10.5 Å². The van der Waals surface area contributed by atoms with Gasteiger partial charge in [-0.05, 0) is 61.4 Å². The highest BCUT2D eigenvalue weighted by Crippen LogP contribution is 2.33. The lowest BCUT2D eigenvalue weighted by atomic mass is 9.98. The van der Waals surface area contributed by atoms with E-state index in [1.54, 1.807) is 10.6 Å². The van der Waals surface area contributed by atoms with E-state index in [-0.39, 0.29) is 5.56 Å². The van der Waals surface area contributed by atoms with E-state index in [4.69, 9.17) is 0 Å². The first kappa shape index (κ1) is 16.4. The van der Waals surface area contributed by atoms with Gasteiger partial charge in [-0.3, -0.25) is 9.69 Å². The average Bonchev–Trinajstić information content (AvgIpc) is 3.42. The quantitative estimate of drug-likeness (QED) is 0.838. The molecule has 1 saturated carbocycles. The van der Waals surface area contributed by atoms with Crippen molar-refractivity contribution in [1.82, 2.24) is 9.47 Å². The first-order valence-electron chi connectivity index (χ1n) is 9.42. The van der Waals surface area contributed by atoms with Crippen LogP contribution in [0, 0.1) is 5.92 Å². The molecule has 1 aromatic heterocycles. The van der Waals surface area contributed by atoms with Crippen molar-refractivity contribution in [2.45, 2.75) is 32.7 Å². The van der Waals surface area contributed by atoms with Crippen molar-refractivity contribution in [3.8, 4) is 0 Å². The Kier molecular flexibility index (Phi) is 4.38. The van der Waals surface area contributed by atoms with Gasteiger partial charge in [0.15, 0.2) is 0 Å². The molecule has 1 fully saturated rings. The Morgan fingerprint density at radius 1 is 1.12 bits per heavy atom. The number of rotatable bonds is 5. The molecule has 0 unspecified atom stereocenters. The van der Waals surface area contributed by atoms with Gasteiger partial charge in [0, 0.05) is 51.2 Å². The van der Waals surface area contributed by atoms with Crippen LogP contribution in [0.3, 0.4) is 0 Å². The third-order valence-electron chi connectivity index (χ3n) is 5.50. The Morgan fingerprint density at radius 3 is 2.64 bits per heavy atom. The van der Waals surface area contributed by atoms with Gasteiger partial charge >= 0.3 is 0 Å². The molecular formula is C21H27N3O. The van der Waals surface area contributed by atoms with Crippen molar-refractivity contribution >= 4 is 11.4 Å². The summed E-state index contributed by atoms with van der Waals surface area (Å²) in [6.07, 6.45) is 5.92. The Labute approximate surface area is 149 Å². The number of pyridine rings is 1. The summed E-state index contributed by atoms with van der Waals surface area (Å²) in [5.41, 5.74) is 5.27. The van der Waals surface area contributed by atoms with E-state index < -0.39 is 0 Å². The van der Waals surface area contributed by atoms with Gasteiger partial charge in [-0.1, -0.05) is 6.07 Å². The van der Waals surface area contributed by atoms with Crippen LogP contribution in [0.2, 0.25) is 0 Å². The van der Waals surface area contributed by atoms with E-state index in [0.29, 0.717) is 0 Å². The summed E-state index contributed by atoms with van der Waals surface area (Å²) in [4.78, 5) is 16.6. The number of aryl methyl sites for hydroxylation is 1. The molecule has 0 amide bonds. The number of hydrogen-bond acceptors (Lipinski definition) is 3. The Morgan fingerprint density at radius 2 is 1.92 bits per heavy atom. The van der Waals surface area contributed by atoms with E-state index in [0.717, 1.165) is 31.1 Å². The summed E-state index contributed by atoms with van der Waals surface area (Å²) in [6, 6.07) is 10.4. The van der Waals surface area contributed by atoms with Gasteiger partial charge in [-0.25, -0.2) is 0 Å². The molecule has 2 aliphatic rings. The molecule has 4 rings (SSSR count). The summed E-state index contributed by atoms with van der Waals surface area (Å²) >= 11 is 0. The van der Waals surface area contributed by atoms with Crippen LogP contribution in [-0.2, 0) is 20.0 Å². The molecule has 2 heterocycles. The Bertz CT molecular complexity index is 822. The van der Waals surface area contributed by atoms with Gasteiger partial charge in [0.1, 0.15) is 0 Å². The second-order valence-electron chi connectivity index (χ2n) is 7.46. The largest absolute Gasteiger partial charge is 0.341 e. The van der Waals surface area contributed by atoms with Crippen molar-refractivity contribution in [2.75, 3.05) is 24.5 Å². The van der Waals surface area contributed by atoms with Gasteiger partial charge in [-0.15, -0.1) is 0 Å². The van der Waals surface area contributed by atoms with Crippen LogP contribution in [0.25, 0.3) is 0 Å². The molecule has 2 aromatic rings. The van der Waals surface area contributed by atoms with Crippen LogP contribution >= 0.6 is 0 Å². The van der Waals surface area contributed by atoms with E-state index >= 15 is 0 Å². The molecule has 4 nitrogen and oxygen atoms in total. The number of nitrogens with zero attached hydrogens (tertiary/aromatic N) is 3. The van der Waals surface area contributed by atoms with Crippen LogP contribution in [0.4, 0.5) is 11.4 Å². The monoisotopic (exact) mass is 337 g/mol. The van der Waals surface area contributed by atoms with Gasteiger partial charge in [-0.2, -0.15) is 0 Å². The highest BCUT2D eigenvalue weighted by atomic mass is 16.1. The van der Waals surface area contributed by atoms with Gasteiger partial charge in [0.25, 0.3) is 0 Å². The van der Waals surface area contributed by atoms with Crippen molar-refractivity contribution in [2.24, 2.45) is 13.0 Å². The molecule has 0 atom stereocenters. The fourth-order valence-electron chi connectivity index (χ4n) is 3.84. The second-order valence-corrected chi connectivity index (χ2v) is 7.46. The lowest BCUT2D eigenvalue weighted by Crippen LogP contribution is -2.32. The lowest BCUT2D eigenvalue weighted by molar-refractivity contribution is 0.244. The minimum absolute atomic E-state index is 0.0287. The van der Waals surface area contributed by atoms with Crippen molar-refractivity contribution in [3.63, 3.8) is 0 Å². The zero-order chi connectivity index (χ0) is 17.4. The van der Waals surface area contributed by atoms with Gasteiger partial charge < -0.3 is 9.47 Å². The van der Waals surface area contributed by atoms with Crippen LogP contribution in [0.1, 0.15) is 30.9 Å². The predicted molar refractivity (Wildman–Crippen MR) is 103 cm³/mol. The first-order chi connectivity index (χ1) is 12.1. The molecule has 0 spiro atoms. The average molecular weight is 337 g/mol. The normalized spacial score (nSPS) is 17.4. The van der Waals surface area contributed by atoms with E-state index in [1.165, 1.54) is 42.7 Å². The smallest absolute Gasteiger partial charge is 0.250 e. The van der Waals surface area contributed by atoms with E-state index in [1.807, 2.05) is 19.3 Å². The standard InChI is InChI=1S/C21H27N3O/c1-3-24(20-8-9-21(25)22(2)15-20)19-7-6-17-10-11-23(13-16-4-5-16)14-18(17)12-19/h6-9,12,15-16H,3-5,10-11,13-14H2,1-2H3. The molecule has 1 aliphatic carbocycles. The highest BCUT2D eigenvalue weighted by molar-refractivity contribution is 5.64. The van der Waals surface area contributed by atoms with E-state index in [2.05, 4.69) is 34.9 Å². The molecular weight excluding hydrogens is 310 g/mol. The van der Waals surface area contributed by atoms with Crippen molar-refractivity contribution in [1.29, 1.82) is 0 Å². The SMILES string of the molecule is CCN(c1ccc2c(c1)CN(CC1CC1)CC2)c1ccc(=O)n(C)c1. The summed E-state index contributed by atoms with van der Waals surface area (Å²) in [6.45, 7) is 6.57. The Balaban J connectivity index is 1.60. The maximum atomic E-state index is 11.7. The van der Waals surface area contributed by atoms with Crippen molar-refractivity contribution < 1.29 is 0 Å². The zero-order valence-electron chi connectivity index (χ0n) is 15.2. The topological polar surface area (TPSA) is 28.5 Å². The molecule has 132 valence electrons. The maximum absolute atomic E-state index is 11.7. The van der Waals surface area contributed by atoms with Crippen molar-refractivity contribution in [3.05, 3.63) is 58.0 Å². The molecule has 0 radical (unpaired) electrons. The third kappa shape index (κ3) is 3.49. The number of hydrogen-bond donors (Lipinski definition) is 0.